The molecule has 1 heterocycles. The molecule has 1 saturated heterocycles. The van der Waals surface area contributed by atoms with E-state index in [1.807, 2.05) is 29.2 Å². The molecule has 1 aliphatic heterocycles. The first-order valence-electron chi connectivity index (χ1n) is 8.49. The summed E-state index contributed by atoms with van der Waals surface area (Å²) in [4.78, 5) is 26.8. The minimum absolute atomic E-state index is 0.0485. The molecule has 1 saturated carbocycles. The van der Waals surface area contributed by atoms with E-state index >= 15 is 0 Å². The number of rotatable bonds is 3. The molecule has 0 bridgehead atoms. The lowest BCUT2D eigenvalue weighted by molar-refractivity contribution is -0.130. The van der Waals surface area contributed by atoms with Crippen molar-refractivity contribution in [3.05, 3.63) is 28.7 Å². The number of carbonyl (C=O) groups is 2. The highest BCUT2D eigenvalue weighted by Gasteiger charge is 2.37. The van der Waals surface area contributed by atoms with E-state index in [1.54, 1.807) is 0 Å². The van der Waals surface area contributed by atoms with Crippen LogP contribution in [-0.2, 0) is 9.59 Å². The first kappa shape index (κ1) is 16.5. The van der Waals surface area contributed by atoms with Crippen LogP contribution in [0.5, 0.6) is 0 Å². The van der Waals surface area contributed by atoms with Crippen LogP contribution in [0, 0.1) is 5.92 Å². The third kappa shape index (κ3) is 4.14. The van der Waals surface area contributed by atoms with Crippen molar-refractivity contribution in [2.45, 2.75) is 51.0 Å². The second-order valence-electron chi connectivity index (χ2n) is 6.59. The van der Waals surface area contributed by atoms with Gasteiger partial charge in [-0.3, -0.25) is 9.59 Å². The highest BCUT2D eigenvalue weighted by atomic mass is 79.9. The van der Waals surface area contributed by atoms with Crippen molar-refractivity contribution in [2.24, 2.45) is 5.92 Å². The predicted molar refractivity (Wildman–Crippen MR) is 94.1 cm³/mol. The third-order valence-electron chi connectivity index (χ3n) is 4.89. The highest BCUT2D eigenvalue weighted by Crippen LogP contribution is 2.28. The van der Waals surface area contributed by atoms with Gasteiger partial charge in [-0.25, -0.2) is 0 Å². The number of likely N-dealkylation sites (tertiary alicyclic amines) is 1. The van der Waals surface area contributed by atoms with Gasteiger partial charge < -0.3 is 10.2 Å². The number of anilines is 1. The number of carbonyl (C=O) groups excluding carboxylic acids is 2. The van der Waals surface area contributed by atoms with Gasteiger partial charge in [-0.2, -0.15) is 0 Å². The molecule has 0 radical (unpaired) electrons. The van der Waals surface area contributed by atoms with Crippen molar-refractivity contribution >= 4 is 33.4 Å². The molecule has 3 rings (SSSR count). The summed E-state index contributed by atoms with van der Waals surface area (Å²) in [5, 5.41) is 2.93. The zero-order valence-electron chi connectivity index (χ0n) is 13.3. The van der Waals surface area contributed by atoms with Gasteiger partial charge in [-0.15, -0.1) is 0 Å². The summed E-state index contributed by atoms with van der Waals surface area (Å²) in [5.74, 6) is -0.136. The van der Waals surface area contributed by atoms with Gasteiger partial charge in [0.15, 0.2) is 0 Å². The topological polar surface area (TPSA) is 49.4 Å². The van der Waals surface area contributed by atoms with Gasteiger partial charge >= 0.3 is 0 Å². The van der Waals surface area contributed by atoms with Crippen molar-refractivity contribution < 1.29 is 9.59 Å². The first-order valence-corrected chi connectivity index (χ1v) is 9.28. The van der Waals surface area contributed by atoms with Crippen LogP contribution >= 0.6 is 15.9 Å². The Morgan fingerprint density at radius 2 is 1.91 bits per heavy atom. The predicted octanol–water partition coefficient (Wildman–Crippen LogP) is 3.96. The fourth-order valence-electron chi connectivity index (χ4n) is 3.64. The van der Waals surface area contributed by atoms with E-state index in [4.69, 9.17) is 0 Å². The molecule has 0 spiro atoms. The minimum atomic E-state index is -0.232. The number of benzene rings is 1. The summed E-state index contributed by atoms with van der Waals surface area (Å²) in [6.07, 6.45) is 7.46. The highest BCUT2D eigenvalue weighted by molar-refractivity contribution is 9.10. The van der Waals surface area contributed by atoms with Crippen molar-refractivity contribution in [3.8, 4) is 0 Å². The average molecular weight is 379 g/mol. The number of nitrogens with one attached hydrogen (secondary N) is 1. The Labute approximate surface area is 145 Å². The average Bonchev–Trinajstić information content (AvgIpc) is 2.73. The van der Waals surface area contributed by atoms with E-state index in [0.717, 1.165) is 23.0 Å². The maximum Gasteiger partial charge on any atom is 0.229 e. The molecule has 23 heavy (non-hydrogen) atoms. The molecule has 0 aromatic heterocycles. The fourth-order valence-corrected chi connectivity index (χ4v) is 4.04. The van der Waals surface area contributed by atoms with Crippen molar-refractivity contribution in [1.29, 1.82) is 0 Å². The van der Waals surface area contributed by atoms with Crippen molar-refractivity contribution in [1.82, 2.24) is 4.90 Å². The second kappa shape index (κ2) is 7.47. The van der Waals surface area contributed by atoms with Crippen LogP contribution in [0.15, 0.2) is 28.7 Å². The van der Waals surface area contributed by atoms with Crippen LogP contribution in [0.2, 0.25) is 0 Å². The minimum Gasteiger partial charge on any atom is -0.339 e. The number of hydrogen-bond acceptors (Lipinski definition) is 2. The number of nitrogens with zero attached hydrogens (tertiary/aromatic N) is 1. The zero-order valence-corrected chi connectivity index (χ0v) is 14.8. The molecule has 1 aromatic rings. The summed E-state index contributed by atoms with van der Waals surface area (Å²) in [7, 11) is 0. The molecular weight excluding hydrogens is 356 g/mol. The van der Waals surface area contributed by atoms with E-state index < -0.39 is 0 Å². The number of hydrogen-bond donors (Lipinski definition) is 1. The normalized spacial score (nSPS) is 22.9. The summed E-state index contributed by atoms with van der Waals surface area (Å²) >= 11 is 3.40. The molecule has 1 aromatic carbocycles. The SMILES string of the molecule is O=C(Nc1cccc(Br)c1)C1CC(=O)N(C2CCCCCC2)C1. The zero-order chi connectivity index (χ0) is 16.2. The van der Waals surface area contributed by atoms with Gasteiger partial charge in [0.2, 0.25) is 11.8 Å². The molecule has 1 aliphatic carbocycles. The Kier molecular flexibility index (Phi) is 5.36. The van der Waals surface area contributed by atoms with Crippen LogP contribution in [0.3, 0.4) is 0 Å². The van der Waals surface area contributed by atoms with E-state index in [0.29, 0.717) is 19.0 Å². The number of amides is 2. The van der Waals surface area contributed by atoms with Crippen LogP contribution in [0.1, 0.15) is 44.9 Å². The third-order valence-corrected chi connectivity index (χ3v) is 5.38. The van der Waals surface area contributed by atoms with Gasteiger partial charge in [0.25, 0.3) is 0 Å². The summed E-state index contributed by atoms with van der Waals surface area (Å²) in [5.41, 5.74) is 0.768. The molecule has 1 atom stereocenters. The molecule has 1 N–H and O–H groups in total. The molecule has 2 aliphatic rings. The molecule has 5 heteroatoms. The van der Waals surface area contributed by atoms with Crippen molar-refractivity contribution in [3.63, 3.8) is 0 Å². The Morgan fingerprint density at radius 3 is 2.61 bits per heavy atom. The van der Waals surface area contributed by atoms with Gasteiger partial charge in [0, 0.05) is 29.2 Å². The standard InChI is InChI=1S/C18H23BrN2O2/c19-14-6-5-7-15(11-14)20-18(23)13-10-17(22)21(12-13)16-8-3-1-2-4-9-16/h5-7,11,13,16H,1-4,8-10,12H2,(H,20,23). The summed E-state index contributed by atoms with van der Waals surface area (Å²) in [6.45, 7) is 0.573. The number of halogens is 1. The van der Waals surface area contributed by atoms with Crippen LogP contribution in [0.4, 0.5) is 5.69 Å². The second-order valence-corrected chi connectivity index (χ2v) is 7.51. The maximum absolute atomic E-state index is 12.5. The van der Waals surface area contributed by atoms with Gasteiger partial charge in [-0.1, -0.05) is 47.7 Å². The van der Waals surface area contributed by atoms with E-state index in [9.17, 15) is 9.59 Å². The molecular formula is C18H23BrN2O2. The van der Waals surface area contributed by atoms with Gasteiger partial charge in [0.1, 0.15) is 0 Å². The summed E-state index contributed by atoms with van der Waals surface area (Å²) < 4.78 is 0.929. The molecule has 2 fully saturated rings. The lowest BCUT2D eigenvalue weighted by Crippen LogP contribution is -2.37. The largest absolute Gasteiger partial charge is 0.339 e. The van der Waals surface area contributed by atoms with E-state index in [-0.39, 0.29) is 17.7 Å². The molecule has 4 nitrogen and oxygen atoms in total. The molecule has 2 amide bonds. The van der Waals surface area contributed by atoms with E-state index in [1.165, 1.54) is 25.7 Å². The van der Waals surface area contributed by atoms with Crippen molar-refractivity contribution in [2.75, 3.05) is 11.9 Å². The Hall–Kier alpha value is -1.36. The summed E-state index contributed by atoms with van der Waals surface area (Å²) in [6, 6.07) is 7.88. The molecule has 124 valence electrons. The van der Waals surface area contributed by atoms with Gasteiger partial charge in [0.05, 0.1) is 5.92 Å². The smallest absolute Gasteiger partial charge is 0.229 e. The lowest BCUT2D eigenvalue weighted by Gasteiger charge is -2.27. The van der Waals surface area contributed by atoms with E-state index in [2.05, 4.69) is 21.2 Å². The monoisotopic (exact) mass is 378 g/mol. The Bertz CT molecular complexity index is 582. The Balaban J connectivity index is 1.61. The Morgan fingerprint density at radius 1 is 1.17 bits per heavy atom. The maximum atomic E-state index is 12.5. The first-order chi connectivity index (χ1) is 11.1. The quantitative estimate of drug-likeness (QED) is 0.809. The lowest BCUT2D eigenvalue weighted by atomic mass is 10.1. The molecule has 1 unspecified atom stereocenters. The fraction of sp³-hybridized carbons (Fsp3) is 0.556. The van der Waals surface area contributed by atoms with Gasteiger partial charge in [-0.05, 0) is 31.0 Å². The van der Waals surface area contributed by atoms with Crippen LogP contribution in [-0.4, -0.2) is 29.3 Å². The van der Waals surface area contributed by atoms with Crippen LogP contribution < -0.4 is 5.32 Å². The van der Waals surface area contributed by atoms with Crippen LogP contribution in [0.25, 0.3) is 0 Å².